The van der Waals surface area contributed by atoms with Crippen LogP contribution in [0.3, 0.4) is 0 Å². The number of carboxylic acids is 1. The zero-order valence-electron chi connectivity index (χ0n) is 13.5. The maximum Gasteiger partial charge on any atom is 0.323 e. The second-order valence-electron chi connectivity index (χ2n) is 6.22. The molecule has 21 heavy (non-hydrogen) atoms. The molecule has 0 unspecified atom stereocenters. The van der Waals surface area contributed by atoms with Crippen LogP contribution in [0.25, 0.3) is 0 Å². The van der Waals surface area contributed by atoms with Gasteiger partial charge in [0.05, 0.1) is 0 Å². The molecule has 0 radical (unpaired) electrons. The molecule has 0 saturated heterocycles. The van der Waals surface area contributed by atoms with Crippen molar-refractivity contribution in [3.63, 3.8) is 0 Å². The van der Waals surface area contributed by atoms with E-state index in [0.717, 1.165) is 25.7 Å². The van der Waals surface area contributed by atoms with Crippen LogP contribution in [0.15, 0.2) is 0 Å². The number of hydrogen-bond acceptors (Lipinski definition) is 2. The smallest absolute Gasteiger partial charge is 0.323 e. The number of rotatable bonds is 13. The Bertz CT molecular complexity index is 313. The number of nitrogens with zero attached hydrogens (tertiary/aromatic N) is 1. The number of carbonyl (C=O) groups excluding carboxylic acids is 1. The minimum absolute atomic E-state index is 0.0304. The highest BCUT2D eigenvalue weighted by Gasteiger charge is 2.33. The monoisotopic (exact) mass is 297 g/mol. The van der Waals surface area contributed by atoms with Gasteiger partial charge in [-0.1, -0.05) is 58.3 Å². The highest BCUT2D eigenvalue weighted by atomic mass is 16.4. The summed E-state index contributed by atoms with van der Waals surface area (Å²) in [4.78, 5) is 24.4. The van der Waals surface area contributed by atoms with Gasteiger partial charge in [-0.15, -0.1) is 0 Å². The average molecular weight is 297 g/mol. The van der Waals surface area contributed by atoms with E-state index in [2.05, 4.69) is 6.92 Å². The molecule has 0 heterocycles. The Morgan fingerprint density at radius 1 is 0.952 bits per heavy atom. The van der Waals surface area contributed by atoms with Gasteiger partial charge in [-0.2, -0.15) is 0 Å². The van der Waals surface area contributed by atoms with Gasteiger partial charge >= 0.3 is 5.97 Å². The maximum absolute atomic E-state index is 12.0. The van der Waals surface area contributed by atoms with Gasteiger partial charge in [0.25, 0.3) is 0 Å². The summed E-state index contributed by atoms with van der Waals surface area (Å²) in [6.07, 6.45) is 13.5. The molecule has 1 fully saturated rings. The Labute approximate surface area is 128 Å². The van der Waals surface area contributed by atoms with Crippen LogP contribution in [0.4, 0.5) is 0 Å². The van der Waals surface area contributed by atoms with E-state index in [4.69, 9.17) is 5.11 Å². The Hall–Kier alpha value is -1.06. The van der Waals surface area contributed by atoms with E-state index >= 15 is 0 Å². The van der Waals surface area contributed by atoms with Crippen molar-refractivity contribution in [2.75, 3.05) is 6.54 Å². The van der Waals surface area contributed by atoms with Crippen molar-refractivity contribution in [3.05, 3.63) is 0 Å². The minimum atomic E-state index is -0.901. The molecule has 4 heteroatoms. The molecule has 1 rings (SSSR count). The van der Waals surface area contributed by atoms with E-state index in [1.807, 2.05) is 0 Å². The van der Waals surface area contributed by atoms with Gasteiger partial charge in [-0.25, -0.2) is 0 Å². The fourth-order valence-electron chi connectivity index (χ4n) is 2.68. The van der Waals surface area contributed by atoms with E-state index in [1.165, 1.54) is 44.9 Å². The highest BCUT2D eigenvalue weighted by molar-refractivity contribution is 5.81. The summed E-state index contributed by atoms with van der Waals surface area (Å²) in [7, 11) is 0. The van der Waals surface area contributed by atoms with Gasteiger partial charge < -0.3 is 10.0 Å². The van der Waals surface area contributed by atoms with Gasteiger partial charge in [-0.3, -0.25) is 9.59 Å². The normalized spacial score (nSPS) is 14.1. The first-order valence-corrected chi connectivity index (χ1v) is 8.66. The summed E-state index contributed by atoms with van der Waals surface area (Å²) in [5.74, 6) is -0.870. The fraction of sp³-hybridized carbons (Fsp3) is 0.882. The summed E-state index contributed by atoms with van der Waals surface area (Å²) in [5.41, 5.74) is 0. The molecule has 1 aliphatic rings. The summed E-state index contributed by atoms with van der Waals surface area (Å²) in [6.45, 7) is 2.10. The molecule has 0 aromatic heterocycles. The van der Waals surface area contributed by atoms with Crippen LogP contribution in [-0.4, -0.2) is 34.5 Å². The lowest BCUT2D eigenvalue weighted by atomic mass is 10.1. The molecule has 1 amide bonds. The maximum atomic E-state index is 12.0. The zero-order valence-corrected chi connectivity index (χ0v) is 13.5. The van der Waals surface area contributed by atoms with E-state index < -0.39 is 5.97 Å². The first-order chi connectivity index (χ1) is 10.1. The topological polar surface area (TPSA) is 57.6 Å². The molecule has 0 aromatic carbocycles. The van der Waals surface area contributed by atoms with E-state index in [0.29, 0.717) is 6.42 Å². The Morgan fingerprint density at radius 2 is 1.48 bits per heavy atom. The van der Waals surface area contributed by atoms with E-state index in [-0.39, 0.29) is 18.5 Å². The van der Waals surface area contributed by atoms with Crippen molar-refractivity contribution >= 4 is 11.9 Å². The number of unbranched alkanes of at least 4 members (excludes halogenated alkanes) is 8. The lowest BCUT2D eigenvalue weighted by Crippen LogP contribution is -2.37. The molecule has 0 aromatic rings. The van der Waals surface area contributed by atoms with Crippen LogP contribution in [0, 0.1) is 0 Å². The van der Waals surface area contributed by atoms with Gasteiger partial charge in [0.1, 0.15) is 6.54 Å². The van der Waals surface area contributed by atoms with Crippen molar-refractivity contribution in [2.24, 2.45) is 0 Å². The molecule has 0 atom stereocenters. The fourth-order valence-corrected chi connectivity index (χ4v) is 2.68. The lowest BCUT2D eigenvalue weighted by molar-refractivity contribution is -0.145. The molecule has 0 aliphatic heterocycles. The first kappa shape index (κ1) is 18.0. The Morgan fingerprint density at radius 3 is 1.95 bits per heavy atom. The van der Waals surface area contributed by atoms with Crippen LogP contribution < -0.4 is 0 Å². The number of aliphatic carboxylic acids is 1. The van der Waals surface area contributed by atoms with Gasteiger partial charge in [-0.05, 0) is 19.3 Å². The Balaban J connectivity index is 2.00. The third-order valence-corrected chi connectivity index (χ3v) is 4.11. The molecule has 0 spiro atoms. The van der Waals surface area contributed by atoms with Crippen LogP contribution in [0.5, 0.6) is 0 Å². The van der Waals surface area contributed by atoms with Crippen LogP contribution in [0.1, 0.15) is 84.0 Å². The number of carboxylic acid groups (broad SMARTS) is 1. The first-order valence-electron chi connectivity index (χ1n) is 8.66. The number of carbonyl (C=O) groups is 2. The zero-order chi connectivity index (χ0) is 15.5. The average Bonchev–Trinajstić information content (AvgIpc) is 3.27. The quantitative estimate of drug-likeness (QED) is 0.523. The largest absolute Gasteiger partial charge is 0.480 e. The molecule has 4 nitrogen and oxygen atoms in total. The number of amides is 1. The Kier molecular flexibility index (Phi) is 9.11. The minimum Gasteiger partial charge on any atom is -0.480 e. The molecule has 122 valence electrons. The third kappa shape index (κ3) is 8.74. The van der Waals surface area contributed by atoms with Crippen molar-refractivity contribution < 1.29 is 14.7 Å². The summed E-state index contributed by atoms with van der Waals surface area (Å²) >= 11 is 0. The van der Waals surface area contributed by atoms with E-state index in [9.17, 15) is 9.59 Å². The summed E-state index contributed by atoms with van der Waals surface area (Å²) in [6, 6.07) is 0.201. The highest BCUT2D eigenvalue weighted by Crippen LogP contribution is 2.27. The third-order valence-electron chi connectivity index (χ3n) is 4.11. The second kappa shape index (κ2) is 10.6. The molecular weight excluding hydrogens is 266 g/mol. The second-order valence-corrected chi connectivity index (χ2v) is 6.22. The van der Waals surface area contributed by atoms with Crippen LogP contribution in [0.2, 0.25) is 0 Å². The van der Waals surface area contributed by atoms with Gasteiger partial charge in [0.15, 0.2) is 0 Å². The summed E-state index contributed by atoms with van der Waals surface area (Å²) < 4.78 is 0. The van der Waals surface area contributed by atoms with Crippen molar-refractivity contribution in [2.45, 2.75) is 90.0 Å². The lowest BCUT2D eigenvalue weighted by Gasteiger charge is -2.20. The van der Waals surface area contributed by atoms with Crippen molar-refractivity contribution in [1.29, 1.82) is 0 Å². The predicted molar refractivity (Wildman–Crippen MR) is 84.2 cm³/mol. The number of hydrogen-bond donors (Lipinski definition) is 1. The standard InChI is InChI=1S/C17H31NO3/c1-2-3-4-5-6-7-8-9-10-11-16(19)18(14-17(20)21)15-12-13-15/h15H,2-14H2,1H3,(H,20,21). The van der Waals surface area contributed by atoms with E-state index in [1.54, 1.807) is 4.90 Å². The summed E-state index contributed by atoms with van der Waals surface area (Å²) in [5, 5.41) is 8.85. The molecular formula is C17H31NO3. The van der Waals surface area contributed by atoms with Crippen molar-refractivity contribution in [3.8, 4) is 0 Å². The van der Waals surface area contributed by atoms with Crippen LogP contribution in [-0.2, 0) is 9.59 Å². The van der Waals surface area contributed by atoms with Gasteiger partial charge in [0.2, 0.25) is 5.91 Å². The SMILES string of the molecule is CCCCCCCCCCCC(=O)N(CC(=O)O)C1CC1. The predicted octanol–water partition coefficient (Wildman–Crippen LogP) is 3.98. The molecule has 1 N–H and O–H groups in total. The van der Waals surface area contributed by atoms with Crippen molar-refractivity contribution in [1.82, 2.24) is 4.90 Å². The van der Waals surface area contributed by atoms with Crippen LogP contribution >= 0.6 is 0 Å². The molecule has 1 aliphatic carbocycles. The molecule has 0 bridgehead atoms. The molecule has 1 saturated carbocycles. The van der Waals surface area contributed by atoms with Gasteiger partial charge in [0, 0.05) is 12.5 Å².